The summed E-state index contributed by atoms with van der Waals surface area (Å²) >= 11 is 11.5. The number of nitrogens with one attached hydrogen (secondary N) is 1. The van der Waals surface area contributed by atoms with Gasteiger partial charge in [0.2, 0.25) is 0 Å². The highest BCUT2D eigenvalue weighted by Gasteiger charge is 2.35. The fourth-order valence-electron chi connectivity index (χ4n) is 2.19. The van der Waals surface area contributed by atoms with Crippen LogP contribution in [0.3, 0.4) is 0 Å². The molecule has 0 aliphatic carbocycles. The first kappa shape index (κ1) is 18.3. The van der Waals surface area contributed by atoms with E-state index in [9.17, 15) is 26.7 Å². The minimum absolute atomic E-state index is 0.346. The lowest BCUT2D eigenvalue weighted by atomic mass is 10.0. The van der Waals surface area contributed by atoms with Crippen LogP contribution in [-0.2, 0) is 6.18 Å². The van der Waals surface area contributed by atoms with Gasteiger partial charge < -0.3 is 4.98 Å². The fourth-order valence-corrected chi connectivity index (χ4v) is 2.59. The molecule has 1 N–H and O–H groups in total. The molecule has 0 amide bonds. The Morgan fingerprint density at radius 1 is 1.12 bits per heavy atom. The van der Waals surface area contributed by atoms with Crippen LogP contribution in [0, 0.1) is 11.6 Å². The molecular weight excluding hydrogens is 406 g/mol. The second kappa shape index (κ2) is 6.36. The van der Waals surface area contributed by atoms with E-state index in [2.05, 4.69) is 10.3 Å². The quantitative estimate of drug-likeness (QED) is 0.643. The SMILES string of the molecule is O=c1[nH]cc(F)c(-c2c(-n3cc(C(F)(F)F)nn3)ccc(Cl)c2F)c1Cl. The van der Waals surface area contributed by atoms with Crippen molar-refractivity contribution >= 4 is 23.2 Å². The van der Waals surface area contributed by atoms with Crippen molar-refractivity contribution in [2.24, 2.45) is 0 Å². The van der Waals surface area contributed by atoms with Crippen molar-refractivity contribution < 1.29 is 22.0 Å². The molecule has 0 saturated heterocycles. The predicted octanol–water partition coefficient (Wildman–Crippen LogP) is 4.23. The van der Waals surface area contributed by atoms with E-state index in [1.54, 1.807) is 0 Å². The molecule has 0 unspecified atom stereocenters. The fraction of sp³-hybridized carbons (Fsp3) is 0.0714. The first-order valence-electron chi connectivity index (χ1n) is 6.66. The molecule has 0 aliphatic rings. The minimum Gasteiger partial charge on any atom is -0.325 e. The van der Waals surface area contributed by atoms with Gasteiger partial charge in [-0.25, -0.2) is 13.5 Å². The van der Waals surface area contributed by atoms with Gasteiger partial charge in [-0.05, 0) is 12.1 Å². The maximum absolute atomic E-state index is 14.6. The first-order valence-corrected chi connectivity index (χ1v) is 7.42. The van der Waals surface area contributed by atoms with Crippen LogP contribution in [-0.4, -0.2) is 20.0 Å². The monoisotopic (exact) mass is 410 g/mol. The van der Waals surface area contributed by atoms with Crippen molar-refractivity contribution in [3.63, 3.8) is 0 Å². The summed E-state index contributed by atoms with van der Waals surface area (Å²) < 4.78 is 67.6. The van der Waals surface area contributed by atoms with Gasteiger partial charge in [0.15, 0.2) is 11.5 Å². The number of pyridine rings is 1. The van der Waals surface area contributed by atoms with Gasteiger partial charge in [-0.3, -0.25) is 4.79 Å². The number of H-pyrrole nitrogens is 1. The van der Waals surface area contributed by atoms with Crippen molar-refractivity contribution in [3.05, 3.63) is 62.3 Å². The molecule has 0 aliphatic heterocycles. The van der Waals surface area contributed by atoms with Gasteiger partial charge >= 0.3 is 6.18 Å². The van der Waals surface area contributed by atoms with Crippen LogP contribution in [0.25, 0.3) is 16.8 Å². The molecule has 2 heterocycles. The van der Waals surface area contributed by atoms with Crippen LogP contribution in [0.2, 0.25) is 10.0 Å². The van der Waals surface area contributed by atoms with Crippen LogP contribution in [0.15, 0.2) is 29.3 Å². The molecule has 0 bridgehead atoms. The minimum atomic E-state index is -4.80. The number of aromatic amines is 1. The number of hydrogen-bond donors (Lipinski definition) is 1. The molecule has 0 fully saturated rings. The van der Waals surface area contributed by atoms with Crippen molar-refractivity contribution in [1.29, 1.82) is 0 Å². The lowest BCUT2D eigenvalue weighted by Crippen LogP contribution is -2.11. The molecule has 136 valence electrons. The van der Waals surface area contributed by atoms with Crippen molar-refractivity contribution in [2.75, 3.05) is 0 Å². The van der Waals surface area contributed by atoms with Crippen LogP contribution in [0.1, 0.15) is 5.69 Å². The van der Waals surface area contributed by atoms with E-state index in [0.29, 0.717) is 17.1 Å². The Labute approximate surface area is 151 Å². The van der Waals surface area contributed by atoms with Gasteiger partial charge in [0.25, 0.3) is 5.56 Å². The van der Waals surface area contributed by atoms with Crippen molar-refractivity contribution in [3.8, 4) is 16.8 Å². The molecule has 2 aromatic heterocycles. The van der Waals surface area contributed by atoms with E-state index >= 15 is 0 Å². The van der Waals surface area contributed by atoms with Gasteiger partial charge in [-0.2, -0.15) is 13.2 Å². The third kappa shape index (κ3) is 3.06. The molecule has 3 rings (SSSR count). The topological polar surface area (TPSA) is 63.6 Å². The van der Waals surface area contributed by atoms with E-state index in [4.69, 9.17) is 23.2 Å². The predicted molar refractivity (Wildman–Crippen MR) is 82.4 cm³/mol. The number of aromatic nitrogens is 4. The molecule has 5 nitrogen and oxygen atoms in total. The zero-order chi connectivity index (χ0) is 19.2. The Kier molecular flexibility index (Phi) is 4.49. The highest BCUT2D eigenvalue weighted by molar-refractivity contribution is 6.34. The summed E-state index contributed by atoms with van der Waals surface area (Å²) in [5.41, 5.74) is -3.93. The van der Waals surface area contributed by atoms with Gasteiger partial charge in [0, 0.05) is 17.3 Å². The summed E-state index contributed by atoms with van der Waals surface area (Å²) in [5.74, 6) is -2.31. The van der Waals surface area contributed by atoms with E-state index in [0.717, 1.165) is 12.1 Å². The third-order valence-corrected chi connectivity index (χ3v) is 3.99. The summed E-state index contributed by atoms with van der Waals surface area (Å²) in [5, 5.41) is 5.06. The second-order valence-corrected chi connectivity index (χ2v) is 5.74. The molecular formula is C14H5Cl2F5N4O. The van der Waals surface area contributed by atoms with Crippen LogP contribution in [0.4, 0.5) is 22.0 Å². The van der Waals surface area contributed by atoms with Crippen LogP contribution >= 0.6 is 23.2 Å². The summed E-state index contributed by atoms with van der Waals surface area (Å²) in [4.78, 5) is 13.6. The van der Waals surface area contributed by atoms with E-state index in [-0.39, 0.29) is 5.69 Å². The summed E-state index contributed by atoms with van der Waals surface area (Å²) in [6, 6.07) is 2.12. The Morgan fingerprint density at radius 2 is 1.81 bits per heavy atom. The van der Waals surface area contributed by atoms with Gasteiger partial charge in [0.1, 0.15) is 10.8 Å². The number of hydrogen-bond acceptors (Lipinski definition) is 3. The number of alkyl halides is 3. The molecule has 1 aromatic carbocycles. The highest BCUT2D eigenvalue weighted by Crippen LogP contribution is 2.38. The molecule has 26 heavy (non-hydrogen) atoms. The number of nitrogens with zero attached hydrogens (tertiary/aromatic N) is 3. The maximum atomic E-state index is 14.6. The first-order chi connectivity index (χ1) is 12.1. The maximum Gasteiger partial charge on any atom is 0.436 e. The smallest absolute Gasteiger partial charge is 0.325 e. The van der Waals surface area contributed by atoms with Crippen molar-refractivity contribution in [2.45, 2.75) is 6.18 Å². The molecule has 0 spiro atoms. The number of benzene rings is 1. The summed E-state index contributed by atoms with van der Waals surface area (Å²) in [7, 11) is 0. The second-order valence-electron chi connectivity index (χ2n) is 4.96. The van der Waals surface area contributed by atoms with Gasteiger partial charge in [-0.1, -0.05) is 28.4 Å². The van der Waals surface area contributed by atoms with Gasteiger partial charge in [0.05, 0.1) is 16.9 Å². The lowest BCUT2D eigenvalue weighted by molar-refractivity contribution is -0.141. The van der Waals surface area contributed by atoms with Gasteiger partial charge in [-0.15, -0.1) is 5.10 Å². The standard InChI is InChI=1S/C14H5Cl2F5N4O/c15-5-1-2-7(25-4-8(23-24-25)14(19,20)21)10(12(5)18)9-6(17)3-22-13(26)11(9)16/h1-4H,(H,22,26). The van der Waals surface area contributed by atoms with E-state index in [1.165, 1.54) is 0 Å². The molecule has 0 atom stereocenters. The average molecular weight is 411 g/mol. The van der Waals surface area contributed by atoms with Crippen LogP contribution < -0.4 is 5.56 Å². The zero-order valence-corrected chi connectivity index (χ0v) is 13.7. The third-order valence-electron chi connectivity index (χ3n) is 3.34. The average Bonchev–Trinajstić information content (AvgIpc) is 3.05. The molecule has 0 radical (unpaired) electrons. The van der Waals surface area contributed by atoms with Crippen LogP contribution in [0.5, 0.6) is 0 Å². The Balaban J connectivity index is 2.34. The zero-order valence-electron chi connectivity index (χ0n) is 12.2. The highest BCUT2D eigenvalue weighted by atomic mass is 35.5. The molecule has 12 heteroatoms. The lowest BCUT2D eigenvalue weighted by Gasteiger charge is -2.13. The number of halogens is 7. The Bertz CT molecular complexity index is 1060. The summed E-state index contributed by atoms with van der Waals surface area (Å²) in [6.07, 6.45) is -3.68. The summed E-state index contributed by atoms with van der Waals surface area (Å²) in [6.45, 7) is 0. The largest absolute Gasteiger partial charge is 0.436 e. The van der Waals surface area contributed by atoms with E-state index < -0.39 is 50.2 Å². The van der Waals surface area contributed by atoms with E-state index in [1.807, 2.05) is 4.98 Å². The normalized spacial score (nSPS) is 11.8. The Hall–Kier alpha value is -2.46. The number of rotatable bonds is 2. The van der Waals surface area contributed by atoms with Crippen molar-refractivity contribution in [1.82, 2.24) is 20.0 Å². The molecule has 0 saturated carbocycles. The Morgan fingerprint density at radius 3 is 2.42 bits per heavy atom. The molecule has 3 aromatic rings.